The molecule has 0 fully saturated rings. The molecule has 2 heterocycles. The van der Waals surface area contributed by atoms with Crippen LogP contribution in [0, 0.1) is 5.41 Å². The van der Waals surface area contributed by atoms with Crippen LogP contribution in [0.4, 0.5) is 0 Å². The highest BCUT2D eigenvalue weighted by atomic mass is 16.6. The molecule has 0 aliphatic heterocycles. The van der Waals surface area contributed by atoms with Crippen molar-refractivity contribution in [1.82, 2.24) is 14.1 Å². The van der Waals surface area contributed by atoms with Crippen LogP contribution >= 0.6 is 0 Å². The lowest BCUT2D eigenvalue weighted by Crippen LogP contribution is -2.27. The standard InChI is InChI=1S/C25H33N3O3/c1-24(2,3)16-28-20-13-12-19(26-22(20)27(7)23(28)30)18-10-8-9-17(15-18)11-14-21(29)31-25(4,5)6/h8-10,12-13,15H,11,14,16H2,1-7H3. The molecule has 6 nitrogen and oxygen atoms in total. The Morgan fingerprint density at radius 1 is 1.06 bits per heavy atom. The summed E-state index contributed by atoms with van der Waals surface area (Å²) in [7, 11) is 1.76. The van der Waals surface area contributed by atoms with Gasteiger partial charge in [0.25, 0.3) is 0 Å². The number of carbonyl (C=O) groups excluding carboxylic acids is 1. The summed E-state index contributed by atoms with van der Waals surface area (Å²) in [6.07, 6.45) is 0.933. The van der Waals surface area contributed by atoms with E-state index in [0.717, 1.165) is 22.3 Å². The third-order valence-electron chi connectivity index (χ3n) is 4.87. The van der Waals surface area contributed by atoms with Crippen LogP contribution in [0.5, 0.6) is 0 Å². The van der Waals surface area contributed by atoms with Gasteiger partial charge in [0.1, 0.15) is 5.60 Å². The molecule has 1 aromatic carbocycles. The Kier molecular flexibility index (Phi) is 6.12. The SMILES string of the molecule is Cn1c(=O)n(CC(C)(C)C)c2ccc(-c3cccc(CCC(=O)OC(C)(C)C)c3)nc21. The van der Waals surface area contributed by atoms with Crippen molar-refractivity contribution in [2.24, 2.45) is 12.5 Å². The summed E-state index contributed by atoms with van der Waals surface area (Å²) in [5.41, 5.74) is 3.77. The average Bonchev–Trinajstić information content (AvgIpc) is 2.88. The maximum absolute atomic E-state index is 12.8. The molecule has 0 spiro atoms. The summed E-state index contributed by atoms with van der Waals surface area (Å²) in [4.78, 5) is 29.6. The molecule has 31 heavy (non-hydrogen) atoms. The lowest BCUT2D eigenvalue weighted by molar-refractivity contribution is -0.154. The van der Waals surface area contributed by atoms with Gasteiger partial charge in [0.2, 0.25) is 0 Å². The molecular formula is C25H33N3O3. The summed E-state index contributed by atoms with van der Waals surface area (Å²) in [6, 6.07) is 11.9. The minimum Gasteiger partial charge on any atom is -0.460 e. The first-order valence-corrected chi connectivity index (χ1v) is 10.7. The molecule has 0 atom stereocenters. The molecule has 3 aromatic rings. The van der Waals surface area contributed by atoms with Gasteiger partial charge in [-0.3, -0.25) is 13.9 Å². The first-order chi connectivity index (χ1) is 14.3. The zero-order valence-corrected chi connectivity index (χ0v) is 19.7. The molecule has 0 aliphatic rings. The Morgan fingerprint density at radius 3 is 2.42 bits per heavy atom. The Bertz CT molecular complexity index is 1160. The second kappa shape index (κ2) is 8.33. The topological polar surface area (TPSA) is 66.1 Å². The number of hydrogen-bond donors (Lipinski definition) is 0. The molecule has 0 unspecified atom stereocenters. The number of carbonyl (C=O) groups is 1. The molecule has 0 radical (unpaired) electrons. The van der Waals surface area contributed by atoms with Crippen molar-refractivity contribution in [3.63, 3.8) is 0 Å². The van der Waals surface area contributed by atoms with E-state index in [0.29, 0.717) is 25.0 Å². The maximum Gasteiger partial charge on any atom is 0.330 e. The largest absolute Gasteiger partial charge is 0.460 e. The van der Waals surface area contributed by atoms with Crippen molar-refractivity contribution in [3.05, 3.63) is 52.4 Å². The highest BCUT2D eigenvalue weighted by molar-refractivity contribution is 5.76. The van der Waals surface area contributed by atoms with Crippen LogP contribution in [0.25, 0.3) is 22.4 Å². The number of pyridine rings is 1. The number of imidazole rings is 1. The Labute approximate surface area is 183 Å². The lowest BCUT2D eigenvalue weighted by atomic mass is 9.97. The van der Waals surface area contributed by atoms with Gasteiger partial charge in [-0.15, -0.1) is 0 Å². The number of ether oxygens (including phenoxy) is 1. The lowest BCUT2D eigenvalue weighted by Gasteiger charge is -2.19. The van der Waals surface area contributed by atoms with Gasteiger partial charge in [-0.1, -0.05) is 39.0 Å². The van der Waals surface area contributed by atoms with Gasteiger partial charge in [-0.25, -0.2) is 9.78 Å². The van der Waals surface area contributed by atoms with Crippen LogP contribution in [0.2, 0.25) is 0 Å². The fourth-order valence-corrected chi connectivity index (χ4v) is 3.59. The summed E-state index contributed by atoms with van der Waals surface area (Å²) < 4.78 is 8.80. The minimum atomic E-state index is -0.475. The second-order valence-electron chi connectivity index (χ2n) is 10.3. The fraction of sp³-hybridized carbons (Fsp3) is 0.480. The van der Waals surface area contributed by atoms with Crippen LogP contribution < -0.4 is 5.69 Å². The number of aryl methyl sites for hydroxylation is 2. The summed E-state index contributed by atoms with van der Waals surface area (Å²) in [5, 5.41) is 0. The Morgan fingerprint density at radius 2 is 1.77 bits per heavy atom. The van der Waals surface area contributed by atoms with Crippen molar-refractivity contribution in [2.45, 2.75) is 66.5 Å². The zero-order chi connectivity index (χ0) is 23.0. The van der Waals surface area contributed by atoms with Crippen LogP contribution in [0.3, 0.4) is 0 Å². The molecule has 166 valence electrons. The number of nitrogens with zero attached hydrogens (tertiary/aromatic N) is 3. The van der Waals surface area contributed by atoms with E-state index in [1.54, 1.807) is 16.2 Å². The van der Waals surface area contributed by atoms with E-state index in [1.165, 1.54) is 0 Å². The second-order valence-corrected chi connectivity index (χ2v) is 10.3. The molecule has 0 saturated carbocycles. The summed E-state index contributed by atoms with van der Waals surface area (Å²) in [6.45, 7) is 12.6. The van der Waals surface area contributed by atoms with Gasteiger partial charge in [0.05, 0.1) is 11.2 Å². The molecular weight excluding hydrogens is 390 g/mol. The number of hydrogen-bond acceptors (Lipinski definition) is 4. The molecule has 6 heteroatoms. The normalized spacial score (nSPS) is 12.4. The molecule has 0 N–H and O–H groups in total. The molecule has 0 amide bonds. The van der Waals surface area contributed by atoms with E-state index in [-0.39, 0.29) is 17.1 Å². The first-order valence-electron chi connectivity index (χ1n) is 10.7. The molecule has 0 aliphatic carbocycles. The third-order valence-corrected chi connectivity index (χ3v) is 4.87. The number of benzene rings is 1. The summed E-state index contributed by atoms with van der Waals surface area (Å²) >= 11 is 0. The highest BCUT2D eigenvalue weighted by Gasteiger charge is 2.19. The van der Waals surface area contributed by atoms with E-state index < -0.39 is 5.60 Å². The quantitative estimate of drug-likeness (QED) is 0.557. The van der Waals surface area contributed by atoms with Gasteiger partial charge >= 0.3 is 11.7 Å². The molecule has 3 rings (SSSR count). The van der Waals surface area contributed by atoms with Crippen molar-refractivity contribution in [1.29, 1.82) is 0 Å². The van der Waals surface area contributed by atoms with E-state index >= 15 is 0 Å². The smallest absolute Gasteiger partial charge is 0.330 e. The maximum atomic E-state index is 12.8. The van der Waals surface area contributed by atoms with Gasteiger partial charge < -0.3 is 4.74 Å². The summed E-state index contributed by atoms with van der Waals surface area (Å²) in [5.74, 6) is -0.201. The number of aromatic nitrogens is 3. The van der Waals surface area contributed by atoms with Gasteiger partial charge in [0, 0.05) is 25.6 Å². The number of rotatable bonds is 5. The van der Waals surface area contributed by atoms with Crippen molar-refractivity contribution in [2.75, 3.05) is 0 Å². The van der Waals surface area contributed by atoms with Crippen LogP contribution in [-0.2, 0) is 29.5 Å². The van der Waals surface area contributed by atoms with Crippen LogP contribution in [0.15, 0.2) is 41.2 Å². The van der Waals surface area contributed by atoms with Crippen molar-refractivity contribution in [3.8, 4) is 11.3 Å². The molecule has 2 aromatic heterocycles. The minimum absolute atomic E-state index is 0.0146. The Hall–Kier alpha value is -2.89. The van der Waals surface area contributed by atoms with E-state index in [2.05, 4.69) is 20.8 Å². The first kappa shape index (κ1) is 22.8. The molecule has 0 bridgehead atoms. The van der Waals surface area contributed by atoms with Crippen LogP contribution in [0.1, 0.15) is 53.5 Å². The van der Waals surface area contributed by atoms with Crippen molar-refractivity contribution < 1.29 is 9.53 Å². The average molecular weight is 424 g/mol. The zero-order valence-electron chi connectivity index (χ0n) is 19.7. The van der Waals surface area contributed by atoms with Gasteiger partial charge in [-0.2, -0.15) is 0 Å². The predicted octanol–water partition coefficient (Wildman–Crippen LogP) is 4.72. The highest BCUT2D eigenvalue weighted by Crippen LogP contribution is 2.24. The number of esters is 1. The fourth-order valence-electron chi connectivity index (χ4n) is 3.59. The van der Waals surface area contributed by atoms with Gasteiger partial charge in [-0.05, 0) is 56.4 Å². The van der Waals surface area contributed by atoms with Crippen LogP contribution in [-0.4, -0.2) is 25.7 Å². The third kappa shape index (κ3) is 5.63. The van der Waals surface area contributed by atoms with Gasteiger partial charge in [0.15, 0.2) is 5.65 Å². The van der Waals surface area contributed by atoms with E-state index in [9.17, 15) is 9.59 Å². The number of fused-ring (bicyclic) bond motifs is 1. The van der Waals surface area contributed by atoms with E-state index in [4.69, 9.17) is 9.72 Å². The monoisotopic (exact) mass is 423 g/mol. The molecule has 0 saturated heterocycles. The van der Waals surface area contributed by atoms with E-state index in [1.807, 2.05) is 57.2 Å². The predicted molar refractivity (Wildman–Crippen MR) is 124 cm³/mol. The van der Waals surface area contributed by atoms with Crippen molar-refractivity contribution >= 4 is 17.1 Å². The Balaban J connectivity index is 1.87.